The summed E-state index contributed by atoms with van der Waals surface area (Å²) in [4.78, 5) is 77.6. The average Bonchev–Trinajstić information content (AvgIpc) is 1.13. The van der Waals surface area contributed by atoms with Crippen LogP contribution in [0.3, 0.4) is 0 Å². The Bertz CT molecular complexity index is 3990. The molecule has 2 saturated heterocycles. The fourth-order valence-corrected chi connectivity index (χ4v) is 12.1. The van der Waals surface area contributed by atoms with E-state index in [0.717, 1.165) is 27.8 Å². The minimum absolute atomic E-state index is 0.0486. The van der Waals surface area contributed by atoms with Gasteiger partial charge in [0.05, 0.1) is 37.8 Å². The lowest BCUT2D eigenvalue weighted by Crippen LogP contribution is -2.51. The van der Waals surface area contributed by atoms with Gasteiger partial charge in [0.15, 0.2) is 11.6 Å². The quantitative estimate of drug-likeness (QED) is 0.0862. The largest absolute Gasteiger partial charge is 0.444 e. The normalized spacial score (nSPS) is 17.8. The molecule has 0 saturated carbocycles. The summed E-state index contributed by atoms with van der Waals surface area (Å²) in [6.45, 7) is 15.7. The number of rotatable bonds is 14. The first-order chi connectivity index (χ1) is 41.3. The van der Waals surface area contributed by atoms with Gasteiger partial charge in [-0.05, 0) is 119 Å². The molecule has 3 amide bonds. The van der Waals surface area contributed by atoms with Crippen molar-refractivity contribution in [3.63, 3.8) is 0 Å². The average molecular weight is 1310 g/mol. The van der Waals surface area contributed by atoms with E-state index in [0.29, 0.717) is 107 Å². The SMILES string of the molecule is CCc1c(N2CCN(C(=O)OC(C)(C)C)CC2)c(=O)n2nc(C3=CCOCC3)nc2n1CC(=O)Nc1ccc(S(F)(F)(F)(F)F)cc1C.CCc1c(N2CCNCC2)c(=O)n2nc(C3=CCOCC3)nc2n1CC(=O)Nc1ccc(S(F)(F)(F)(F)F)cc1C. The Kier molecular flexibility index (Phi) is 17.0. The van der Waals surface area contributed by atoms with Crippen molar-refractivity contribution in [3.8, 4) is 0 Å². The third-order valence-corrected chi connectivity index (χ3v) is 17.2. The minimum Gasteiger partial charge on any atom is -0.444 e. The van der Waals surface area contributed by atoms with Gasteiger partial charge in [-0.15, -0.1) is 10.2 Å². The fraction of sp³-hybridized carbons (Fsp3) is 0.473. The van der Waals surface area contributed by atoms with Crippen LogP contribution in [0.4, 0.5) is 66.4 Å². The zero-order chi connectivity index (χ0) is 64.9. The van der Waals surface area contributed by atoms with Gasteiger partial charge in [-0.1, -0.05) is 64.9 Å². The molecule has 8 heterocycles. The molecule has 0 bridgehead atoms. The zero-order valence-electron chi connectivity index (χ0n) is 49.6. The lowest BCUT2D eigenvalue weighted by atomic mass is 10.1. The van der Waals surface area contributed by atoms with E-state index in [-0.39, 0.29) is 102 Å². The summed E-state index contributed by atoms with van der Waals surface area (Å²) in [6, 6.07) is 2.70. The molecule has 3 N–H and O–H groups in total. The van der Waals surface area contributed by atoms with Crippen LogP contribution in [0.1, 0.15) is 81.6 Å². The van der Waals surface area contributed by atoms with Crippen molar-refractivity contribution in [1.82, 2.24) is 48.5 Å². The Morgan fingerprint density at radius 2 is 1.02 bits per heavy atom. The maximum absolute atomic E-state index is 14.1. The summed E-state index contributed by atoms with van der Waals surface area (Å²) in [5, 5.41) is 17.2. The van der Waals surface area contributed by atoms with Crippen LogP contribution in [-0.2, 0) is 49.7 Å². The van der Waals surface area contributed by atoms with Gasteiger partial charge in [0.25, 0.3) is 11.1 Å². The van der Waals surface area contributed by atoms with Crippen molar-refractivity contribution in [2.75, 3.05) is 99.2 Å². The standard InChI is InChI=1S/C30H38F5N7O5S.C25H30F5N7O3S/c1-6-23-25(39-11-13-40(14-12-39)29(45)47-30(3,4)5)27(44)42-28(37-26(38-42)20-9-15-46-16-10-20)41(23)18-24(43)36-22-8-7-21(17-19(22)2)48(31,32,33,34)35;1-3-20-22(35-10-8-31-9-11-35)24(39)37-25(33-23(34-37)17-6-12-40-13-7-17)36(20)15-21(38)32-19-5-4-18(14-16(19)2)41(26,27,28,29)30/h7-9,17H,6,10-16,18H2,1-5H3,(H,36,43);4-6,14,31H,3,7-13,15H2,1-2H3,(H,32,38). The molecule has 4 aromatic heterocycles. The first-order valence-electron chi connectivity index (χ1n) is 28.4. The number of benzene rings is 2. The third kappa shape index (κ3) is 15.0. The number of anilines is 4. The molecule has 0 aliphatic carbocycles. The number of nitrogens with one attached hydrogen (secondary N) is 3. The van der Waals surface area contributed by atoms with Crippen molar-refractivity contribution in [2.45, 2.75) is 103 Å². The molecule has 10 rings (SSSR count). The number of aryl methyl sites for hydroxylation is 2. The molecule has 89 heavy (non-hydrogen) atoms. The maximum atomic E-state index is 14.1. The molecule has 0 spiro atoms. The van der Waals surface area contributed by atoms with E-state index in [1.807, 2.05) is 22.8 Å². The van der Waals surface area contributed by atoms with Crippen molar-refractivity contribution >= 4 is 83.8 Å². The Morgan fingerprint density at radius 3 is 1.37 bits per heavy atom. The highest BCUT2D eigenvalue weighted by molar-refractivity contribution is 8.46. The number of carbonyl (C=O) groups excluding carboxylic acids is 3. The molecule has 2 fully saturated rings. The van der Waals surface area contributed by atoms with E-state index in [4.69, 9.17) is 14.2 Å². The summed E-state index contributed by atoms with van der Waals surface area (Å²) in [6.07, 6.45) is 4.85. The Labute approximate surface area is 503 Å². The first kappa shape index (κ1) is 65.7. The van der Waals surface area contributed by atoms with E-state index < -0.39 is 65.9 Å². The molecule has 6 aromatic rings. The lowest BCUT2D eigenvalue weighted by Gasteiger charge is -2.40. The summed E-state index contributed by atoms with van der Waals surface area (Å²) >= 11 is 0. The molecule has 34 heteroatoms. The van der Waals surface area contributed by atoms with Crippen LogP contribution in [-0.4, -0.2) is 146 Å². The van der Waals surface area contributed by atoms with Crippen LogP contribution < -0.4 is 36.9 Å². The first-order valence-corrected chi connectivity index (χ1v) is 32.3. The van der Waals surface area contributed by atoms with Crippen LogP contribution in [0.5, 0.6) is 0 Å². The second kappa shape index (κ2) is 23.0. The molecule has 22 nitrogen and oxygen atoms in total. The molecular weight excluding hydrogens is 1240 g/mol. The number of hydrogen-bond acceptors (Lipinski definition) is 15. The van der Waals surface area contributed by atoms with E-state index in [1.54, 1.807) is 43.2 Å². The smallest absolute Gasteiger partial charge is 0.410 e. The van der Waals surface area contributed by atoms with Gasteiger partial charge >= 0.3 is 26.5 Å². The van der Waals surface area contributed by atoms with Crippen LogP contribution in [0.15, 0.2) is 67.9 Å². The van der Waals surface area contributed by atoms with Crippen LogP contribution in [0.25, 0.3) is 22.7 Å². The Hall–Kier alpha value is -7.69. The number of ether oxygens (including phenoxy) is 3. The maximum Gasteiger partial charge on any atom is 0.410 e. The number of halogens is 10. The highest BCUT2D eigenvalue weighted by Gasteiger charge is 2.66. The van der Waals surface area contributed by atoms with E-state index in [9.17, 15) is 62.8 Å². The highest BCUT2D eigenvalue weighted by Crippen LogP contribution is 3.02. The Balaban J connectivity index is 0.000000214. The molecule has 4 aliphatic rings. The van der Waals surface area contributed by atoms with Gasteiger partial charge < -0.3 is 54.0 Å². The minimum atomic E-state index is -9.92. The van der Waals surface area contributed by atoms with Crippen LogP contribution in [0.2, 0.25) is 0 Å². The summed E-state index contributed by atoms with van der Waals surface area (Å²) < 4.78 is 155. The number of hydrogen-bond donors (Lipinski definition) is 3. The van der Waals surface area contributed by atoms with Crippen molar-refractivity contribution in [3.05, 3.63) is 103 Å². The molecule has 2 aromatic carbocycles. The number of nitrogens with zero attached hydrogens (tertiary/aromatic N) is 11. The predicted octanol–water partition coefficient (Wildman–Crippen LogP) is 10.2. The van der Waals surface area contributed by atoms with Crippen LogP contribution >= 0.6 is 20.4 Å². The second-order valence-electron chi connectivity index (χ2n) is 22.7. The fourth-order valence-electron chi connectivity index (χ4n) is 10.6. The number of piperazine rings is 2. The number of amides is 3. The lowest BCUT2D eigenvalue weighted by molar-refractivity contribution is -0.117. The molecule has 4 aliphatic heterocycles. The molecule has 0 atom stereocenters. The van der Waals surface area contributed by atoms with Gasteiger partial charge in [-0.25, -0.2) is 4.79 Å². The van der Waals surface area contributed by atoms with E-state index >= 15 is 0 Å². The molecular formula is C55H68F10N14O8S2. The van der Waals surface area contributed by atoms with Crippen molar-refractivity contribution in [2.24, 2.45) is 0 Å². The predicted molar refractivity (Wildman–Crippen MR) is 318 cm³/mol. The third-order valence-electron chi connectivity index (χ3n) is 14.9. The van der Waals surface area contributed by atoms with Crippen molar-refractivity contribution < 1.29 is 67.5 Å². The van der Waals surface area contributed by atoms with Crippen LogP contribution in [0, 0.1) is 13.8 Å². The summed E-state index contributed by atoms with van der Waals surface area (Å²) in [7, 11) is -19.8. The van der Waals surface area contributed by atoms with Gasteiger partial charge in [-0.3, -0.25) is 19.2 Å². The topological polar surface area (TPSA) is 229 Å². The van der Waals surface area contributed by atoms with Gasteiger partial charge in [0.2, 0.25) is 23.4 Å². The monoisotopic (exact) mass is 1310 g/mol. The summed E-state index contributed by atoms with van der Waals surface area (Å²) in [5.41, 5.74) is 1.15. The number of carbonyl (C=O) groups is 3. The number of aromatic nitrogens is 8. The highest BCUT2D eigenvalue weighted by atomic mass is 32.5. The zero-order valence-corrected chi connectivity index (χ0v) is 51.3. The van der Waals surface area contributed by atoms with Gasteiger partial charge in [0, 0.05) is 63.7 Å². The van der Waals surface area contributed by atoms with Gasteiger partial charge in [0.1, 0.15) is 39.9 Å². The van der Waals surface area contributed by atoms with Gasteiger partial charge in [-0.2, -0.15) is 19.0 Å². The summed E-state index contributed by atoms with van der Waals surface area (Å²) in [5.74, 6) is -0.527. The van der Waals surface area contributed by atoms with Crippen molar-refractivity contribution in [1.29, 1.82) is 0 Å². The molecule has 488 valence electrons. The molecule has 0 radical (unpaired) electrons. The molecule has 0 unspecified atom stereocenters. The number of fused-ring (bicyclic) bond motifs is 2. The van der Waals surface area contributed by atoms with E-state index in [1.165, 1.54) is 22.9 Å². The Morgan fingerprint density at radius 1 is 0.618 bits per heavy atom. The second-order valence-corrected chi connectivity index (χ2v) is 27.5. The van der Waals surface area contributed by atoms with E-state index in [2.05, 4.69) is 36.1 Å².